The van der Waals surface area contributed by atoms with Crippen LogP contribution in [0.4, 0.5) is 0 Å². The minimum atomic E-state index is -0.353. The zero-order chi connectivity index (χ0) is 9.97. The molecule has 0 bridgehead atoms. The van der Waals surface area contributed by atoms with E-state index in [2.05, 4.69) is 10.3 Å². The fraction of sp³-hybridized carbons (Fsp3) is 0.778. The predicted molar refractivity (Wildman–Crippen MR) is 49.6 cm³/mol. The van der Waals surface area contributed by atoms with Gasteiger partial charge in [-0.3, -0.25) is 4.68 Å². The van der Waals surface area contributed by atoms with E-state index in [0.717, 1.165) is 18.7 Å². The number of aliphatic hydroxyl groups excluding tert-OH is 1. The van der Waals surface area contributed by atoms with E-state index in [0.29, 0.717) is 13.0 Å². The maximum absolute atomic E-state index is 9.85. The molecule has 1 saturated heterocycles. The number of hydrogen-bond acceptors (Lipinski definition) is 4. The molecule has 1 aliphatic rings. The van der Waals surface area contributed by atoms with E-state index >= 15 is 0 Å². The van der Waals surface area contributed by atoms with E-state index in [1.54, 1.807) is 4.68 Å². The highest BCUT2D eigenvalue weighted by Gasteiger charge is 2.24. The smallest absolute Gasteiger partial charge is 0.0852 e. The summed E-state index contributed by atoms with van der Waals surface area (Å²) >= 11 is 0. The summed E-state index contributed by atoms with van der Waals surface area (Å²) in [5, 5.41) is 17.6. The Balaban J connectivity index is 1.90. The van der Waals surface area contributed by atoms with Gasteiger partial charge in [0, 0.05) is 32.2 Å². The summed E-state index contributed by atoms with van der Waals surface area (Å²) < 4.78 is 6.87. The Hall–Kier alpha value is -0.940. The zero-order valence-electron chi connectivity index (χ0n) is 8.26. The molecular formula is C9H15N3O2. The molecule has 1 aliphatic heterocycles. The van der Waals surface area contributed by atoms with Crippen LogP contribution in [-0.4, -0.2) is 39.4 Å². The van der Waals surface area contributed by atoms with Gasteiger partial charge < -0.3 is 9.84 Å². The highest BCUT2D eigenvalue weighted by atomic mass is 16.5. The Morgan fingerprint density at radius 2 is 2.64 bits per heavy atom. The van der Waals surface area contributed by atoms with Gasteiger partial charge in [-0.25, -0.2) is 0 Å². The van der Waals surface area contributed by atoms with Crippen molar-refractivity contribution in [2.75, 3.05) is 13.2 Å². The summed E-state index contributed by atoms with van der Waals surface area (Å²) in [6.45, 7) is 1.43. The molecular weight excluding hydrogens is 182 g/mol. The van der Waals surface area contributed by atoms with Gasteiger partial charge in [-0.05, 0) is 6.42 Å². The van der Waals surface area contributed by atoms with Gasteiger partial charge in [0.05, 0.1) is 18.4 Å². The normalized spacial score (nSPS) is 24.0. The second kappa shape index (κ2) is 4.06. The van der Waals surface area contributed by atoms with Crippen molar-refractivity contribution in [2.45, 2.75) is 18.9 Å². The van der Waals surface area contributed by atoms with Gasteiger partial charge in [-0.15, -0.1) is 5.10 Å². The molecule has 0 amide bonds. The van der Waals surface area contributed by atoms with Gasteiger partial charge >= 0.3 is 0 Å². The highest BCUT2D eigenvalue weighted by molar-refractivity contribution is 4.95. The molecule has 78 valence electrons. The third-order valence-corrected chi connectivity index (χ3v) is 2.58. The van der Waals surface area contributed by atoms with Crippen molar-refractivity contribution in [3.05, 3.63) is 11.9 Å². The van der Waals surface area contributed by atoms with Crippen molar-refractivity contribution >= 4 is 0 Å². The lowest BCUT2D eigenvalue weighted by molar-refractivity contribution is 0.0911. The first kappa shape index (κ1) is 9.61. The Bertz CT molecular complexity index is 294. The van der Waals surface area contributed by atoms with Crippen LogP contribution in [0.3, 0.4) is 0 Å². The van der Waals surface area contributed by atoms with Crippen molar-refractivity contribution in [1.29, 1.82) is 0 Å². The minimum absolute atomic E-state index is 0.261. The summed E-state index contributed by atoms with van der Waals surface area (Å²) in [4.78, 5) is 0. The fourth-order valence-corrected chi connectivity index (χ4v) is 1.73. The van der Waals surface area contributed by atoms with Gasteiger partial charge in [0.1, 0.15) is 0 Å². The Kier molecular flexibility index (Phi) is 2.79. The first-order valence-electron chi connectivity index (χ1n) is 4.86. The molecule has 0 aromatic carbocycles. The monoisotopic (exact) mass is 197 g/mol. The van der Waals surface area contributed by atoms with Crippen molar-refractivity contribution < 1.29 is 9.84 Å². The average molecular weight is 197 g/mol. The third-order valence-electron chi connectivity index (χ3n) is 2.58. The van der Waals surface area contributed by atoms with E-state index in [-0.39, 0.29) is 12.0 Å². The average Bonchev–Trinajstić information content (AvgIpc) is 2.75. The van der Waals surface area contributed by atoms with E-state index in [9.17, 15) is 5.11 Å². The standard InChI is InChI=1S/C9H15N3O2/c1-12-5-8(10-11-12)4-9(13)7-2-3-14-6-7/h5,7,9,13H,2-4,6H2,1H3. The molecule has 2 heterocycles. The minimum Gasteiger partial charge on any atom is -0.392 e. The first-order valence-corrected chi connectivity index (χ1v) is 4.86. The highest BCUT2D eigenvalue weighted by Crippen LogP contribution is 2.18. The van der Waals surface area contributed by atoms with Gasteiger partial charge in [0.2, 0.25) is 0 Å². The zero-order valence-corrected chi connectivity index (χ0v) is 8.26. The molecule has 0 saturated carbocycles. The van der Waals surface area contributed by atoms with Crippen LogP contribution in [0.2, 0.25) is 0 Å². The van der Waals surface area contributed by atoms with Crippen molar-refractivity contribution in [2.24, 2.45) is 13.0 Å². The molecule has 0 spiro atoms. The number of ether oxygens (including phenoxy) is 1. The number of aromatic nitrogens is 3. The first-order chi connectivity index (χ1) is 6.75. The number of nitrogens with zero attached hydrogens (tertiary/aromatic N) is 3. The fourth-order valence-electron chi connectivity index (χ4n) is 1.73. The molecule has 1 fully saturated rings. The molecule has 0 radical (unpaired) electrons. The SMILES string of the molecule is Cn1cc(CC(O)C2CCOC2)nn1. The molecule has 2 atom stereocenters. The summed E-state index contributed by atoms with van der Waals surface area (Å²) in [7, 11) is 1.82. The molecule has 1 aromatic rings. The van der Waals surface area contributed by atoms with Gasteiger partial charge in [0.25, 0.3) is 0 Å². The van der Waals surface area contributed by atoms with E-state index in [1.165, 1.54) is 0 Å². The van der Waals surface area contributed by atoms with Crippen LogP contribution in [-0.2, 0) is 18.2 Å². The predicted octanol–water partition coefficient (Wildman–Crippen LogP) is -0.245. The lowest BCUT2D eigenvalue weighted by atomic mass is 9.98. The van der Waals surface area contributed by atoms with E-state index in [1.807, 2.05) is 13.2 Å². The summed E-state index contributed by atoms with van der Waals surface area (Å²) in [6.07, 6.45) is 3.00. The maximum Gasteiger partial charge on any atom is 0.0852 e. The Morgan fingerprint density at radius 1 is 1.79 bits per heavy atom. The van der Waals surface area contributed by atoms with Crippen LogP contribution in [0, 0.1) is 5.92 Å². The van der Waals surface area contributed by atoms with Crippen LogP contribution in [0.25, 0.3) is 0 Å². The largest absolute Gasteiger partial charge is 0.392 e. The molecule has 5 heteroatoms. The molecule has 14 heavy (non-hydrogen) atoms. The summed E-state index contributed by atoms with van der Waals surface area (Å²) in [5.74, 6) is 0.261. The van der Waals surface area contributed by atoms with Crippen LogP contribution >= 0.6 is 0 Å². The van der Waals surface area contributed by atoms with Gasteiger partial charge in [0.15, 0.2) is 0 Å². The third kappa shape index (κ3) is 2.10. The van der Waals surface area contributed by atoms with Crippen LogP contribution in [0.15, 0.2) is 6.20 Å². The maximum atomic E-state index is 9.85. The van der Waals surface area contributed by atoms with E-state index in [4.69, 9.17) is 4.74 Å². The van der Waals surface area contributed by atoms with Crippen molar-refractivity contribution in [3.8, 4) is 0 Å². The number of hydrogen-bond donors (Lipinski definition) is 1. The summed E-state index contributed by atoms with van der Waals surface area (Å²) in [6, 6.07) is 0. The van der Waals surface area contributed by atoms with Crippen LogP contribution < -0.4 is 0 Å². The Morgan fingerprint density at radius 3 is 3.21 bits per heavy atom. The molecule has 2 rings (SSSR count). The molecule has 2 unspecified atom stereocenters. The lowest BCUT2D eigenvalue weighted by Crippen LogP contribution is -2.23. The topological polar surface area (TPSA) is 60.2 Å². The number of aryl methyl sites for hydroxylation is 1. The molecule has 1 aromatic heterocycles. The van der Waals surface area contributed by atoms with Crippen LogP contribution in [0.1, 0.15) is 12.1 Å². The van der Waals surface area contributed by atoms with E-state index < -0.39 is 0 Å². The summed E-state index contributed by atoms with van der Waals surface area (Å²) in [5.41, 5.74) is 0.840. The lowest BCUT2D eigenvalue weighted by Gasteiger charge is -2.14. The second-order valence-electron chi connectivity index (χ2n) is 3.78. The van der Waals surface area contributed by atoms with Gasteiger partial charge in [-0.1, -0.05) is 5.21 Å². The number of rotatable bonds is 3. The molecule has 5 nitrogen and oxygen atoms in total. The van der Waals surface area contributed by atoms with Crippen LogP contribution in [0.5, 0.6) is 0 Å². The van der Waals surface area contributed by atoms with Crippen molar-refractivity contribution in [1.82, 2.24) is 15.0 Å². The molecule has 1 N–H and O–H groups in total. The van der Waals surface area contributed by atoms with Crippen molar-refractivity contribution in [3.63, 3.8) is 0 Å². The molecule has 0 aliphatic carbocycles. The number of aliphatic hydroxyl groups is 1. The second-order valence-corrected chi connectivity index (χ2v) is 3.78. The Labute approximate surface area is 82.7 Å². The van der Waals surface area contributed by atoms with Gasteiger partial charge in [-0.2, -0.15) is 0 Å². The quantitative estimate of drug-likeness (QED) is 0.726.